The van der Waals surface area contributed by atoms with Crippen LogP contribution in [0.3, 0.4) is 0 Å². The van der Waals surface area contributed by atoms with Crippen LogP contribution in [0, 0.1) is 0 Å². The number of carbonyl (C=O) groups excluding carboxylic acids is 1. The molecule has 0 N–H and O–H groups in total. The number of Topliss-reactive ketones (excluding diaryl/α,β-unsaturated/α-hetero) is 1. The lowest BCUT2D eigenvalue weighted by molar-refractivity contribution is 0.103. The fraction of sp³-hybridized carbons (Fsp3) is 0.158. The summed E-state index contributed by atoms with van der Waals surface area (Å²) in [7, 11) is 1.66. The molecule has 1 aliphatic heterocycles. The molecule has 126 valence electrons. The van der Waals surface area contributed by atoms with Crippen LogP contribution in [0.25, 0.3) is 17.2 Å². The Kier molecular flexibility index (Phi) is 3.84. The molecule has 0 bridgehead atoms. The molecule has 1 aliphatic rings. The third-order valence-corrected chi connectivity index (χ3v) is 4.76. The second-order valence-electron chi connectivity index (χ2n) is 5.89. The smallest absolute Gasteiger partial charge is 0.419 e. The van der Waals surface area contributed by atoms with E-state index in [1.807, 2.05) is 24.3 Å². The van der Waals surface area contributed by atoms with Gasteiger partial charge >= 0.3 is 5.76 Å². The number of carbonyl (C=O) groups is 1. The van der Waals surface area contributed by atoms with Crippen molar-refractivity contribution >= 4 is 38.9 Å². The summed E-state index contributed by atoms with van der Waals surface area (Å²) in [6.45, 7) is 0.434. The number of aryl methyl sites for hydroxylation is 1. The van der Waals surface area contributed by atoms with Crippen LogP contribution in [-0.2, 0) is 7.05 Å². The number of benzene rings is 2. The van der Waals surface area contributed by atoms with Gasteiger partial charge in [0.2, 0.25) is 0 Å². The van der Waals surface area contributed by atoms with Gasteiger partial charge in [0.25, 0.3) is 0 Å². The zero-order valence-electron chi connectivity index (χ0n) is 13.4. The summed E-state index contributed by atoms with van der Waals surface area (Å²) in [6.07, 6.45) is 2.34. The van der Waals surface area contributed by atoms with Crippen LogP contribution in [0.1, 0.15) is 22.3 Å². The number of aromatic nitrogens is 1. The number of ketones is 1. The van der Waals surface area contributed by atoms with Crippen molar-refractivity contribution in [1.82, 2.24) is 4.57 Å². The van der Waals surface area contributed by atoms with Crippen LogP contribution in [0.5, 0.6) is 5.75 Å². The van der Waals surface area contributed by atoms with Crippen molar-refractivity contribution in [1.29, 1.82) is 0 Å². The van der Waals surface area contributed by atoms with E-state index in [1.165, 1.54) is 4.57 Å². The topological polar surface area (TPSA) is 61.4 Å². The van der Waals surface area contributed by atoms with Crippen molar-refractivity contribution in [2.75, 3.05) is 6.61 Å². The summed E-state index contributed by atoms with van der Waals surface area (Å²) < 4.78 is 13.2. The van der Waals surface area contributed by atoms with Gasteiger partial charge in [-0.15, -0.1) is 0 Å². The Balaban J connectivity index is 1.77. The maximum Gasteiger partial charge on any atom is 0.419 e. The van der Waals surface area contributed by atoms with Crippen molar-refractivity contribution in [3.8, 4) is 5.75 Å². The molecule has 0 fully saturated rings. The third kappa shape index (κ3) is 2.82. The lowest BCUT2D eigenvalue weighted by Gasteiger charge is -2.05. The van der Waals surface area contributed by atoms with Gasteiger partial charge in [-0.2, -0.15) is 0 Å². The molecule has 0 saturated carbocycles. The van der Waals surface area contributed by atoms with Crippen molar-refractivity contribution < 1.29 is 13.9 Å². The van der Waals surface area contributed by atoms with Gasteiger partial charge in [-0.25, -0.2) is 4.79 Å². The van der Waals surface area contributed by atoms with E-state index in [1.54, 1.807) is 25.2 Å². The number of fused-ring (bicyclic) bond motifs is 2. The van der Waals surface area contributed by atoms with Gasteiger partial charge in [0.1, 0.15) is 5.75 Å². The highest BCUT2D eigenvalue weighted by Crippen LogP contribution is 2.30. The molecule has 25 heavy (non-hydrogen) atoms. The molecule has 2 heterocycles. The molecule has 5 nitrogen and oxygen atoms in total. The monoisotopic (exact) mass is 399 g/mol. The Morgan fingerprint density at radius 1 is 1.16 bits per heavy atom. The van der Waals surface area contributed by atoms with Gasteiger partial charge in [0.05, 0.1) is 17.7 Å². The average molecular weight is 400 g/mol. The van der Waals surface area contributed by atoms with E-state index in [9.17, 15) is 9.59 Å². The summed E-state index contributed by atoms with van der Waals surface area (Å²) in [6, 6.07) is 10.8. The molecule has 3 aromatic rings. The van der Waals surface area contributed by atoms with Crippen molar-refractivity contribution in [3.05, 3.63) is 68.1 Å². The van der Waals surface area contributed by atoms with Gasteiger partial charge in [-0.05, 0) is 42.0 Å². The second kappa shape index (κ2) is 6.04. The lowest BCUT2D eigenvalue weighted by atomic mass is 9.99. The Labute approximate surface area is 151 Å². The van der Waals surface area contributed by atoms with E-state index in [2.05, 4.69) is 15.9 Å². The molecule has 0 aliphatic carbocycles. The van der Waals surface area contributed by atoms with Gasteiger partial charge in [0.15, 0.2) is 11.4 Å². The Bertz CT molecular complexity index is 1090. The summed E-state index contributed by atoms with van der Waals surface area (Å²) >= 11 is 3.39. The Hall–Kier alpha value is -2.60. The normalized spacial score (nSPS) is 15.9. The molecule has 4 rings (SSSR count). The Morgan fingerprint density at radius 2 is 2.00 bits per heavy atom. The van der Waals surface area contributed by atoms with Gasteiger partial charge in [-0.1, -0.05) is 22.0 Å². The lowest BCUT2D eigenvalue weighted by Crippen LogP contribution is -2.08. The molecule has 2 aromatic carbocycles. The van der Waals surface area contributed by atoms with E-state index in [-0.39, 0.29) is 5.78 Å². The fourth-order valence-electron chi connectivity index (χ4n) is 2.94. The standard InChI is InChI=1S/C19H14BrNO4/c1-21-15-5-2-11(9-17(15)25-19(21)23)8-12-6-7-24-16-10-13(20)3-4-14(16)18(12)22/h2-5,8-10H,6-7H2,1H3/b12-8-. The summed E-state index contributed by atoms with van der Waals surface area (Å²) in [4.78, 5) is 24.4. The highest BCUT2D eigenvalue weighted by molar-refractivity contribution is 9.10. The van der Waals surface area contributed by atoms with E-state index in [4.69, 9.17) is 9.15 Å². The first kappa shape index (κ1) is 15.9. The number of hydrogen-bond acceptors (Lipinski definition) is 4. The minimum absolute atomic E-state index is 0.0467. The second-order valence-corrected chi connectivity index (χ2v) is 6.81. The Morgan fingerprint density at radius 3 is 2.84 bits per heavy atom. The highest BCUT2D eigenvalue weighted by Gasteiger charge is 2.21. The largest absolute Gasteiger partial charge is 0.492 e. The molecule has 0 radical (unpaired) electrons. The first-order chi connectivity index (χ1) is 12.0. The molecule has 0 unspecified atom stereocenters. The third-order valence-electron chi connectivity index (χ3n) is 4.27. The number of ether oxygens (including phenoxy) is 1. The first-order valence-electron chi connectivity index (χ1n) is 7.80. The highest BCUT2D eigenvalue weighted by atomic mass is 79.9. The van der Waals surface area contributed by atoms with E-state index in [0.717, 1.165) is 15.6 Å². The van der Waals surface area contributed by atoms with Crippen LogP contribution in [-0.4, -0.2) is 17.0 Å². The van der Waals surface area contributed by atoms with Gasteiger partial charge in [-0.3, -0.25) is 9.36 Å². The molecule has 0 atom stereocenters. The van der Waals surface area contributed by atoms with Crippen molar-refractivity contribution in [2.24, 2.45) is 7.05 Å². The minimum Gasteiger partial charge on any atom is -0.492 e. The van der Waals surface area contributed by atoms with Crippen LogP contribution in [0.4, 0.5) is 0 Å². The molecule has 1 aromatic heterocycles. The summed E-state index contributed by atoms with van der Waals surface area (Å²) in [5.74, 6) is 0.139. The number of oxazole rings is 1. The molecule has 6 heteroatoms. The van der Waals surface area contributed by atoms with Crippen LogP contribution >= 0.6 is 15.9 Å². The van der Waals surface area contributed by atoms with Gasteiger partial charge < -0.3 is 9.15 Å². The summed E-state index contributed by atoms with van der Waals surface area (Å²) in [5.41, 5.74) is 3.25. The predicted molar refractivity (Wildman–Crippen MR) is 98.0 cm³/mol. The molecular weight excluding hydrogens is 386 g/mol. The minimum atomic E-state index is -0.404. The number of halogens is 1. The fourth-order valence-corrected chi connectivity index (χ4v) is 3.28. The van der Waals surface area contributed by atoms with E-state index >= 15 is 0 Å². The van der Waals surface area contributed by atoms with Crippen LogP contribution in [0.15, 0.2) is 55.7 Å². The molecule has 0 amide bonds. The van der Waals surface area contributed by atoms with E-state index in [0.29, 0.717) is 35.5 Å². The number of nitrogens with zero attached hydrogens (tertiary/aromatic N) is 1. The van der Waals surface area contributed by atoms with Gasteiger partial charge in [0, 0.05) is 23.5 Å². The number of rotatable bonds is 1. The van der Waals surface area contributed by atoms with Crippen LogP contribution in [0.2, 0.25) is 0 Å². The molecule has 0 spiro atoms. The van der Waals surface area contributed by atoms with Crippen LogP contribution < -0.4 is 10.5 Å². The maximum atomic E-state index is 12.8. The quantitative estimate of drug-likeness (QED) is 0.581. The molecule has 0 saturated heterocycles. The maximum absolute atomic E-state index is 12.8. The molecular formula is C19H14BrNO4. The zero-order valence-corrected chi connectivity index (χ0v) is 15.0. The summed E-state index contributed by atoms with van der Waals surface area (Å²) in [5, 5.41) is 0. The SMILES string of the molecule is Cn1c(=O)oc2cc(/C=C3/CCOc4cc(Br)ccc4C3=O)ccc21. The van der Waals surface area contributed by atoms with E-state index < -0.39 is 5.76 Å². The number of hydrogen-bond donors (Lipinski definition) is 0. The predicted octanol–water partition coefficient (Wildman–Crippen LogP) is 3.94. The van der Waals surface area contributed by atoms with Crippen molar-refractivity contribution in [2.45, 2.75) is 6.42 Å². The zero-order chi connectivity index (χ0) is 17.6. The first-order valence-corrected chi connectivity index (χ1v) is 8.59. The van der Waals surface area contributed by atoms with Crippen molar-refractivity contribution in [3.63, 3.8) is 0 Å². The average Bonchev–Trinajstić information content (AvgIpc) is 2.77.